The number of nitrogens with one attached hydrogen (secondary N) is 1. The first-order valence-corrected chi connectivity index (χ1v) is 11.0. The highest BCUT2D eigenvalue weighted by Crippen LogP contribution is 2.36. The molecule has 0 bridgehead atoms. The predicted molar refractivity (Wildman–Crippen MR) is 121 cm³/mol. The third kappa shape index (κ3) is 4.71. The van der Waals surface area contributed by atoms with Crippen molar-refractivity contribution in [2.24, 2.45) is 0 Å². The van der Waals surface area contributed by atoms with E-state index >= 15 is 0 Å². The van der Waals surface area contributed by atoms with Crippen LogP contribution >= 0.6 is 11.3 Å². The lowest BCUT2D eigenvalue weighted by molar-refractivity contribution is 0.0539. The monoisotopic (exact) mass is 416 g/mol. The van der Waals surface area contributed by atoms with Gasteiger partial charge in [0.25, 0.3) is 0 Å². The lowest BCUT2D eigenvalue weighted by Crippen LogP contribution is -2.28. The fourth-order valence-electron chi connectivity index (χ4n) is 3.22. The fourth-order valence-corrected chi connectivity index (χ4v) is 4.20. The van der Waals surface area contributed by atoms with Gasteiger partial charge in [-0.1, -0.05) is 13.3 Å². The summed E-state index contributed by atoms with van der Waals surface area (Å²) in [5.41, 5.74) is 1.63. The van der Waals surface area contributed by atoms with Gasteiger partial charge in [-0.15, -0.1) is 11.3 Å². The van der Waals surface area contributed by atoms with Crippen molar-refractivity contribution >= 4 is 44.5 Å². The second kappa shape index (κ2) is 7.59. The highest BCUT2D eigenvalue weighted by Gasteiger charge is 2.27. The topological polar surface area (TPSA) is 69.0 Å². The number of aromatic nitrogens is 3. The molecule has 0 spiro atoms. The van der Waals surface area contributed by atoms with Gasteiger partial charge in [0.2, 0.25) is 0 Å². The summed E-state index contributed by atoms with van der Waals surface area (Å²) in [5.74, 6) is 1.44. The normalized spacial score (nSPS) is 12.7. The number of nitrogens with zero attached hydrogens (tertiary/aromatic N) is 3. The van der Waals surface area contributed by atoms with Gasteiger partial charge in [0.15, 0.2) is 5.82 Å². The van der Waals surface area contributed by atoms with E-state index in [-0.39, 0.29) is 11.6 Å². The molecule has 6 nitrogen and oxygen atoms in total. The summed E-state index contributed by atoms with van der Waals surface area (Å²) >= 11 is 1.64. The van der Waals surface area contributed by atoms with E-state index in [0.717, 1.165) is 44.8 Å². The van der Waals surface area contributed by atoms with E-state index in [9.17, 15) is 4.79 Å². The molecule has 0 saturated carbocycles. The van der Waals surface area contributed by atoms with Gasteiger partial charge in [-0.2, -0.15) is 0 Å². The predicted octanol–water partition coefficient (Wildman–Crippen LogP) is 6.29. The molecule has 0 radical (unpaired) electrons. The molecule has 0 aromatic carbocycles. The number of aryl methyl sites for hydroxylation is 2. The first-order valence-electron chi connectivity index (χ1n) is 10.2. The molecular weight excluding hydrogens is 384 g/mol. The van der Waals surface area contributed by atoms with E-state index in [2.05, 4.69) is 46.0 Å². The number of ether oxygens (including phenoxy) is 1. The van der Waals surface area contributed by atoms with Gasteiger partial charge in [-0.25, -0.2) is 19.3 Å². The van der Waals surface area contributed by atoms with Gasteiger partial charge in [0.05, 0.1) is 10.2 Å². The van der Waals surface area contributed by atoms with Crippen molar-refractivity contribution in [2.75, 3.05) is 5.32 Å². The highest BCUT2D eigenvalue weighted by molar-refractivity contribution is 7.19. The molecule has 0 unspecified atom stereocenters. The average molecular weight is 417 g/mol. The summed E-state index contributed by atoms with van der Waals surface area (Å²) in [6, 6.07) is 2.06. The van der Waals surface area contributed by atoms with Crippen LogP contribution in [-0.4, -0.2) is 31.8 Å². The molecule has 1 N–H and O–H groups in total. The third-order valence-corrected chi connectivity index (χ3v) is 5.32. The Morgan fingerprint density at radius 2 is 1.90 bits per heavy atom. The molecule has 0 fully saturated rings. The summed E-state index contributed by atoms with van der Waals surface area (Å²) in [6.45, 7) is 16.1. The Hall–Kier alpha value is -2.15. The second-order valence-corrected chi connectivity index (χ2v) is 10.8. The number of fused-ring (bicyclic) bond motifs is 3. The number of anilines is 1. The minimum Gasteiger partial charge on any atom is -0.443 e. The molecule has 158 valence electrons. The van der Waals surface area contributed by atoms with Crippen LogP contribution in [0, 0.1) is 6.92 Å². The van der Waals surface area contributed by atoms with E-state index in [1.165, 1.54) is 0 Å². The largest absolute Gasteiger partial charge is 0.443 e. The van der Waals surface area contributed by atoms with Crippen LogP contribution in [-0.2, 0) is 11.2 Å². The number of carbonyl (C=O) groups excluding carboxylic acids is 1. The van der Waals surface area contributed by atoms with E-state index in [1.54, 1.807) is 15.9 Å². The summed E-state index contributed by atoms with van der Waals surface area (Å²) in [5, 5.41) is 3.47. The molecule has 0 saturated heterocycles. The number of rotatable bonds is 4. The summed E-state index contributed by atoms with van der Waals surface area (Å²) in [6.07, 6.45) is 2.31. The van der Waals surface area contributed by atoms with Crippen molar-refractivity contribution in [1.82, 2.24) is 14.5 Å². The summed E-state index contributed by atoms with van der Waals surface area (Å²) in [4.78, 5) is 24.1. The Morgan fingerprint density at radius 1 is 1.21 bits per heavy atom. The molecule has 0 aliphatic rings. The summed E-state index contributed by atoms with van der Waals surface area (Å²) < 4.78 is 8.40. The molecule has 3 aromatic heterocycles. The molecule has 3 aromatic rings. The maximum Gasteiger partial charge on any atom is 0.420 e. The third-order valence-electron chi connectivity index (χ3n) is 4.28. The number of thiophene rings is 1. The van der Waals surface area contributed by atoms with Crippen LogP contribution in [0.4, 0.5) is 10.6 Å². The van der Waals surface area contributed by atoms with Crippen molar-refractivity contribution in [3.63, 3.8) is 0 Å². The zero-order valence-corrected chi connectivity index (χ0v) is 19.6. The van der Waals surface area contributed by atoms with Crippen molar-refractivity contribution in [3.8, 4) is 0 Å². The molecule has 0 amide bonds. The van der Waals surface area contributed by atoms with Gasteiger partial charge in [-0.05, 0) is 61.0 Å². The van der Waals surface area contributed by atoms with Gasteiger partial charge in [-0.3, -0.25) is 0 Å². The van der Waals surface area contributed by atoms with Crippen LogP contribution < -0.4 is 5.32 Å². The van der Waals surface area contributed by atoms with Crippen LogP contribution in [0.25, 0.3) is 21.3 Å². The maximum absolute atomic E-state index is 13.2. The van der Waals surface area contributed by atoms with Gasteiger partial charge < -0.3 is 10.1 Å². The number of hydrogen-bond acceptors (Lipinski definition) is 6. The van der Waals surface area contributed by atoms with Crippen molar-refractivity contribution in [2.45, 2.75) is 85.8 Å². The SMILES string of the molecule is CCCCc1nc2c(NC(C)(C)C)nc3cc(C)sc3c2n1C(=O)OC(C)(C)C. The average Bonchev–Trinajstić information content (AvgIpc) is 3.09. The van der Waals surface area contributed by atoms with Crippen LogP contribution in [0.2, 0.25) is 0 Å². The minimum absolute atomic E-state index is 0.183. The molecular formula is C22H32N4O2S. The molecule has 0 aliphatic heterocycles. The molecule has 0 aliphatic carbocycles. The smallest absolute Gasteiger partial charge is 0.420 e. The molecule has 7 heteroatoms. The zero-order valence-electron chi connectivity index (χ0n) is 18.8. The van der Waals surface area contributed by atoms with Crippen LogP contribution in [0.3, 0.4) is 0 Å². The maximum atomic E-state index is 13.2. The van der Waals surface area contributed by atoms with E-state index in [4.69, 9.17) is 14.7 Å². The second-order valence-electron chi connectivity index (χ2n) is 9.55. The first-order chi connectivity index (χ1) is 13.4. The van der Waals surface area contributed by atoms with E-state index in [0.29, 0.717) is 12.2 Å². The van der Waals surface area contributed by atoms with Gasteiger partial charge in [0, 0.05) is 16.8 Å². The number of pyridine rings is 1. The Balaban J connectivity index is 2.34. The van der Waals surface area contributed by atoms with E-state index in [1.807, 2.05) is 20.8 Å². The van der Waals surface area contributed by atoms with Crippen LogP contribution in [0.1, 0.15) is 72.0 Å². The molecule has 29 heavy (non-hydrogen) atoms. The van der Waals surface area contributed by atoms with Crippen molar-refractivity contribution in [1.29, 1.82) is 0 Å². The number of hydrogen-bond donors (Lipinski definition) is 1. The Morgan fingerprint density at radius 3 is 2.48 bits per heavy atom. The van der Waals surface area contributed by atoms with Gasteiger partial charge in [0.1, 0.15) is 22.5 Å². The highest BCUT2D eigenvalue weighted by atomic mass is 32.1. The lowest BCUT2D eigenvalue weighted by Gasteiger charge is -2.22. The van der Waals surface area contributed by atoms with Gasteiger partial charge >= 0.3 is 6.09 Å². The fraction of sp³-hybridized carbons (Fsp3) is 0.591. The number of unbranched alkanes of at least 4 members (excludes halogenated alkanes) is 1. The number of imidazole rings is 1. The summed E-state index contributed by atoms with van der Waals surface area (Å²) in [7, 11) is 0. The standard InChI is InChI=1S/C22H32N4O2S/c1-9-10-11-15-24-16-17(26(15)20(27)28-22(6,7)8)18-14(12-13(2)29-18)23-19(16)25-21(3,4)5/h12H,9-11H2,1-8H3,(H,23,25). The Bertz CT molecular complexity index is 1050. The molecule has 3 rings (SSSR count). The Labute approximate surface area is 176 Å². The lowest BCUT2D eigenvalue weighted by atomic mass is 10.1. The quantitative estimate of drug-likeness (QED) is 0.541. The first kappa shape index (κ1) is 21.6. The van der Waals surface area contributed by atoms with Crippen molar-refractivity contribution in [3.05, 3.63) is 16.8 Å². The van der Waals surface area contributed by atoms with Crippen LogP contribution in [0.5, 0.6) is 0 Å². The number of carbonyl (C=O) groups is 1. The zero-order chi connectivity index (χ0) is 21.6. The van der Waals surface area contributed by atoms with Crippen molar-refractivity contribution < 1.29 is 9.53 Å². The van der Waals surface area contributed by atoms with E-state index < -0.39 is 5.60 Å². The molecule has 0 atom stereocenters. The Kier molecular flexibility index (Phi) is 5.64. The molecule has 3 heterocycles. The minimum atomic E-state index is -0.584. The van der Waals surface area contributed by atoms with Crippen LogP contribution in [0.15, 0.2) is 6.07 Å².